The van der Waals surface area contributed by atoms with Gasteiger partial charge in [0.2, 0.25) is 6.29 Å². The molecule has 0 saturated carbocycles. The Morgan fingerprint density at radius 1 is 1.50 bits per heavy atom. The topological polar surface area (TPSA) is 54.3 Å². The highest BCUT2D eigenvalue weighted by Gasteiger charge is 2.11. The smallest absolute Gasteiger partial charge is 0.239 e. The SMILES string of the molecule is CC(CC#N)NCCCC1OC=CO1. The summed E-state index contributed by atoms with van der Waals surface area (Å²) in [5, 5.41) is 11.7. The number of rotatable bonds is 6. The maximum absolute atomic E-state index is 8.43. The monoisotopic (exact) mass is 196 g/mol. The van der Waals surface area contributed by atoms with Gasteiger partial charge in [0.15, 0.2) is 0 Å². The zero-order valence-corrected chi connectivity index (χ0v) is 8.40. The average Bonchev–Trinajstić information content (AvgIpc) is 2.65. The van der Waals surface area contributed by atoms with Crippen molar-refractivity contribution < 1.29 is 9.47 Å². The largest absolute Gasteiger partial charge is 0.459 e. The summed E-state index contributed by atoms with van der Waals surface area (Å²) in [6.45, 7) is 2.90. The molecule has 0 fully saturated rings. The molecule has 14 heavy (non-hydrogen) atoms. The van der Waals surface area contributed by atoms with E-state index in [-0.39, 0.29) is 12.3 Å². The fraction of sp³-hybridized carbons (Fsp3) is 0.700. The first-order chi connectivity index (χ1) is 6.83. The minimum absolute atomic E-state index is 0.108. The van der Waals surface area contributed by atoms with Crippen LogP contribution in [0.3, 0.4) is 0 Å². The maximum Gasteiger partial charge on any atom is 0.239 e. The molecule has 1 rings (SSSR count). The van der Waals surface area contributed by atoms with E-state index in [0.717, 1.165) is 19.4 Å². The van der Waals surface area contributed by atoms with Crippen LogP contribution in [-0.2, 0) is 9.47 Å². The molecule has 0 amide bonds. The first-order valence-electron chi connectivity index (χ1n) is 4.89. The van der Waals surface area contributed by atoms with Crippen molar-refractivity contribution >= 4 is 0 Å². The Bertz CT molecular complexity index is 215. The molecule has 0 aliphatic carbocycles. The van der Waals surface area contributed by atoms with Gasteiger partial charge in [0, 0.05) is 12.5 Å². The Morgan fingerprint density at radius 2 is 2.21 bits per heavy atom. The highest BCUT2D eigenvalue weighted by molar-refractivity contribution is 4.77. The minimum atomic E-state index is -0.108. The number of nitrogens with zero attached hydrogens (tertiary/aromatic N) is 1. The molecule has 78 valence electrons. The van der Waals surface area contributed by atoms with Crippen molar-refractivity contribution in [3.05, 3.63) is 12.5 Å². The molecule has 1 atom stereocenters. The standard InChI is InChI=1S/C10H16N2O2/c1-9(4-5-11)12-6-2-3-10-13-7-8-14-10/h7-10,12H,2-4,6H2,1H3. The van der Waals surface area contributed by atoms with Gasteiger partial charge < -0.3 is 14.8 Å². The summed E-state index contributed by atoms with van der Waals surface area (Å²) in [5.74, 6) is 0. The minimum Gasteiger partial charge on any atom is -0.459 e. The van der Waals surface area contributed by atoms with Crippen molar-refractivity contribution in [3.8, 4) is 6.07 Å². The van der Waals surface area contributed by atoms with Gasteiger partial charge in [-0.2, -0.15) is 5.26 Å². The Hall–Kier alpha value is -1.21. The lowest BCUT2D eigenvalue weighted by atomic mass is 10.2. The van der Waals surface area contributed by atoms with Crippen molar-refractivity contribution in [2.75, 3.05) is 6.54 Å². The van der Waals surface area contributed by atoms with Gasteiger partial charge in [0.1, 0.15) is 12.5 Å². The Labute approximate surface area is 84.5 Å². The molecule has 0 spiro atoms. The van der Waals surface area contributed by atoms with Gasteiger partial charge in [-0.1, -0.05) is 0 Å². The van der Waals surface area contributed by atoms with E-state index in [1.807, 2.05) is 6.92 Å². The average molecular weight is 196 g/mol. The summed E-state index contributed by atoms with van der Waals surface area (Å²) >= 11 is 0. The van der Waals surface area contributed by atoms with Gasteiger partial charge in [-0.15, -0.1) is 0 Å². The normalized spacial score (nSPS) is 17.1. The summed E-state index contributed by atoms with van der Waals surface area (Å²) < 4.78 is 10.2. The van der Waals surface area contributed by atoms with Crippen LogP contribution in [0.1, 0.15) is 26.2 Å². The first kappa shape index (κ1) is 10.9. The third-order valence-corrected chi connectivity index (χ3v) is 2.02. The van der Waals surface area contributed by atoms with E-state index in [1.54, 1.807) is 12.5 Å². The van der Waals surface area contributed by atoms with E-state index >= 15 is 0 Å². The van der Waals surface area contributed by atoms with Crippen LogP contribution >= 0.6 is 0 Å². The molecule has 0 radical (unpaired) electrons. The second kappa shape index (κ2) is 6.28. The summed E-state index contributed by atoms with van der Waals surface area (Å²) in [4.78, 5) is 0. The molecule has 4 heteroatoms. The lowest BCUT2D eigenvalue weighted by Crippen LogP contribution is -2.27. The van der Waals surface area contributed by atoms with Gasteiger partial charge in [-0.3, -0.25) is 0 Å². The van der Waals surface area contributed by atoms with E-state index in [4.69, 9.17) is 14.7 Å². The Morgan fingerprint density at radius 3 is 2.86 bits per heavy atom. The second-order valence-electron chi connectivity index (χ2n) is 3.33. The van der Waals surface area contributed by atoms with Crippen molar-refractivity contribution in [1.29, 1.82) is 5.26 Å². The van der Waals surface area contributed by atoms with E-state index in [9.17, 15) is 0 Å². The number of ether oxygens (including phenoxy) is 2. The quantitative estimate of drug-likeness (QED) is 0.654. The number of hydrogen-bond acceptors (Lipinski definition) is 4. The van der Waals surface area contributed by atoms with Gasteiger partial charge in [-0.05, 0) is 19.9 Å². The molecular formula is C10H16N2O2. The molecule has 1 aliphatic rings. The zero-order valence-electron chi connectivity index (χ0n) is 8.40. The third-order valence-electron chi connectivity index (χ3n) is 2.02. The van der Waals surface area contributed by atoms with Crippen molar-refractivity contribution in [2.24, 2.45) is 0 Å². The summed E-state index contributed by atoms with van der Waals surface area (Å²) in [6, 6.07) is 2.39. The molecule has 4 nitrogen and oxygen atoms in total. The van der Waals surface area contributed by atoms with Crippen LogP contribution in [0.15, 0.2) is 12.5 Å². The lowest BCUT2D eigenvalue weighted by molar-refractivity contribution is -0.0290. The van der Waals surface area contributed by atoms with Gasteiger partial charge in [0.05, 0.1) is 12.5 Å². The molecule has 1 heterocycles. The molecular weight excluding hydrogens is 180 g/mol. The van der Waals surface area contributed by atoms with Crippen LogP contribution in [0.4, 0.5) is 0 Å². The molecule has 1 unspecified atom stereocenters. The molecule has 0 aromatic carbocycles. The second-order valence-corrected chi connectivity index (χ2v) is 3.33. The van der Waals surface area contributed by atoms with Gasteiger partial charge >= 0.3 is 0 Å². The molecule has 1 aliphatic heterocycles. The Kier molecular flexibility index (Phi) is 4.87. The zero-order chi connectivity index (χ0) is 10.2. The van der Waals surface area contributed by atoms with Crippen molar-refractivity contribution in [1.82, 2.24) is 5.32 Å². The van der Waals surface area contributed by atoms with Crippen LogP contribution in [0.25, 0.3) is 0 Å². The Balaban J connectivity index is 1.91. The van der Waals surface area contributed by atoms with Gasteiger partial charge in [-0.25, -0.2) is 0 Å². The van der Waals surface area contributed by atoms with Crippen LogP contribution in [0, 0.1) is 11.3 Å². The summed E-state index contributed by atoms with van der Waals surface area (Å²) in [7, 11) is 0. The van der Waals surface area contributed by atoms with E-state index in [0.29, 0.717) is 6.42 Å². The van der Waals surface area contributed by atoms with Crippen LogP contribution in [0.2, 0.25) is 0 Å². The predicted molar refractivity (Wildman–Crippen MR) is 52.0 cm³/mol. The first-order valence-corrected chi connectivity index (χ1v) is 4.89. The fourth-order valence-corrected chi connectivity index (χ4v) is 1.23. The van der Waals surface area contributed by atoms with Crippen LogP contribution in [0.5, 0.6) is 0 Å². The fourth-order valence-electron chi connectivity index (χ4n) is 1.23. The van der Waals surface area contributed by atoms with Crippen molar-refractivity contribution in [2.45, 2.75) is 38.5 Å². The molecule has 0 bridgehead atoms. The lowest BCUT2D eigenvalue weighted by Gasteiger charge is -2.12. The molecule has 0 aromatic heterocycles. The summed E-state index contributed by atoms with van der Waals surface area (Å²) in [6.07, 6.45) is 5.44. The van der Waals surface area contributed by atoms with Crippen LogP contribution in [-0.4, -0.2) is 18.9 Å². The number of nitrogens with one attached hydrogen (secondary N) is 1. The van der Waals surface area contributed by atoms with E-state index in [1.165, 1.54) is 0 Å². The maximum atomic E-state index is 8.43. The van der Waals surface area contributed by atoms with E-state index < -0.39 is 0 Å². The number of hydrogen-bond donors (Lipinski definition) is 1. The highest BCUT2D eigenvalue weighted by Crippen LogP contribution is 2.10. The molecule has 1 N–H and O–H groups in total. The highest BCUT2D eigenvalue weighted by atomic mass is 16.7. The van der Waals surface area contributed by atoms with Crippen LogP contribution < -0.4 is 5.32 Å². The van der Waals surface area contributed by atoms with Gasteiger partial charge in [0.25, 0.3) is 0 Å². The van der Waals surface area contributed by atoms with E-state index in [2.05, 4.69) is 11.4 Å². The predicted octanol–water partition coefficient (Wildman–Crippen LogP) is 1.50. The summed E-state index contributed by atoms with van der Waals surface area (Å²) in [5.41, 5.74) is 0. The van der Waals surface area contributed by atoms with Crippen molar-refractivity contribution in [3.63, 3.8) is 0 Å². The number of nitriles is 1. The third kappa shape index (κ3) is 4.15. The molecule has 0 aromatic rings. The molecule has 0 saturated heterocycles.